The van der Waals surface area contributed by atoms with Crippen LogP contribution in [0.2, 0.25) is 0 Å². The summed E-state index contributed by atoms with van der Waals surface area (Å²) in [4.78, 5) is 11.7. The van der Waals surface area contributed by atoms with Gasteiger partial charge in [-0.15, -0.1) is 0 Å². The molecule has 0 heterocycles. The van der Waals surface area contributed by atoms with E-state index in [0.717, 1.165) is 17.7 Å². The first-order valence-electron chi connectivity index (χ1n) is 5.93. The zero-order valence-electron chi connectivity index (χ0n) is 10.4. The maximum absolute atomic E-state index is 11.7. The standard InChI is InChI=1S/C13H20N2O2/c1-3-11-6-4-5-7-12(11)15-13(17)14-10(2)8-9-16/h4-7,10,16H,3,8-9H2,1-2H3,(H2,14,15,17)/t10-/m1/s1. The molecule has 3 N–H and O–H groups in total. The number of para-hydroxylation sites is 1. The molecule has 1 aromatic carbocycles. The highest BCUT2D eigenvalue weighted by molar-refractivity contribution is 5.90. The van der Waals surface area contributed by atoms with E-state index in [9.17, 15) is 4.79 Å². The second kappa shape index (κ2) is 6.91. The second-order valence-electron chi connectivity index (χ2n) is 4.02. The molecule has 0 fully saturated rings. The van der Waals surface area contributed by atoms with Crippen molar-refractivity contribution in [3.05, 3.63) is 29.8 Å². The van der Waals surface area contributed by atoms with Crippen LogP contribution in [0.5, 0.6) is 0 Å². The quantitative estimate of drug-likeness (QED) is 0.733. The van der Waals surface area contributed by atoms with Crippen LogP contribution >= 0.6 is 0 Å². The summed E-state index contributed by atoms with van der Waals surface area (Å²) in [7, 11) is 0. The molecular formula is C13H20N2O2. The highest BCUT2D eigenvalue weighted by Crippen LogP contribution is 2.15. The topological polar surface area (TPSA) is 61.4 Å². The summed E-state index contributed by atoms with van der Waals surface area (Å²) in [5.41, 5.74) is 1.95. The van der Waals surface area contributed by atoms with E-state index in [1.807, 2.05) is 38.1 Å². The van der Waals surface area contributed by atoms with Crippen molar-refractivity contribution in [2.75, 3.05) is 11.9 Å². The molecule has 17 heavy (non-hydrogen) atoms. The van der Waals surface area contributed by atoms with Gasteiger partial charge < -0.3 is 15.7 Å². The summed E-state index contributed by atoms with van der Waals surface area (Å²) >= 11 is 0. The number of amides is 2. The summed E-state index contributed by atoms with van der Waals surface area (Å²) in [5, 5.41) is 14.3. The van der Waals surface area contributed by atoms with Crippen LogP contribution in [0.25, 0.3) is 0 Å². The van der Waals surface area contributed by atoms with Crippen LogP contribution < -0.4 is 10.6 Å². The Labute approximate surface area is 102 Å². The maximum Gasteiger partial charge on any atom is 0.319 e. The molecule has 0 saturated carbocycles. The lowest BCUT2D eigenvalue weighted by Gasteiger charge is -2.14. The number of urea groups is 1. The molecule has 4 heteroatoms. The van der Waals surface area contributed by atoms with Gasteiger partial charge >= 0.3 is 6.03 Å². The summed E-state index contributed by atoms with van der Waals surface area (Å²) in [5.74, 6) is 0. The normalized spacial score (nSPS) is 11.9. The van der Waals surface area contributed by atoms with Crippen LogP contribution in [0.4, 0.5) is 10.5 Å². The number of anilines is 1. The lowest BCUT2D eigenvalue weighted by molar-refractivity contribution is 0.241. The average Bonchev–Trinajstić information content (AvgIpc) is 2.29. The van der Waals surface area contributed by atoms with Crippen molar-refractivity contribution in [2.45, 2.75) is 32.7 Å². The Morgan fingerprint density at radius 1 is 1.41 bits per heavy atom. The number of carbonyl (C=O) groups excluding carboxylic acids is 1. The Morgan fingerprint density at radius 3 is 2.76 bits per heavy atom. The molecular weight excluding hydrogens is 216 g/mol. The van der Waals surface area contributed by atoms with Crippen LogP contribution in [-0.4, -0.2) is 23.8 Å². The van der Waals surface area contributed by atoms with Crippen LogP contribution in [0.15, 0.2) is 24.3 Å². The molecule has 0 aliphatic heterocycles. The van der Waals surface area contributed by atoms with Crippen molar-refractivity contribution >= 4 is 11.7 Å². The van der Waals surface area contributed by atoms with Gasteiger partial charge in [-0.2, -0.15) is 0 Å². The van der Waals surface area contributed by atoms with Crippen LogP contribution in [0, 0.1) is 0 Å². The lowest BCUT2D eigenvalue weighted by atomic mass is 10.1. The highest BCUT2D eigenvalue weighted by Gasteiger charge is 2.08. The molecule has 1 aromatic rings. The minimum absolute atomic E-state index is 0.0335. The van der Waals surface area contributed by atoms with Crippen molar-refractivity contribution in [1.82, 2.24) is 5.32 Å². The van der Waals surface area contributed by atoms with Gasteiger partial charge in [0.2, 0.25) is 0 Å². The van der Waals surface area contributed by atoms with Gasteiger partial charge in [-0.05, 0) is 31.4 Å². The highest BCUT2D eigenvalue weighted by atomic mass is 16.3. The first-order valence-corrected chi connectivity index (χ1v) is 5.93. The zero-order chi connectivity index (χ0) is 12.7. The number of hydrogen-bond donors (Lipinski definition) is 3. The average molecular weight is 236 g/mol. The lowest BCUT2D eigenvalue weighted by Crippen LogP contribution is -2.36. The number of aliphatic hydroxyl groups excluding tert-OH is 1. The fourth-order valence-corrected chi connectivity index (χ4v) is 1.60. The Kier molecular flexibility index (Phi) is 5.49. The van der Waals surface area contributed by atoms with Crippen molar-refractivity contribution in [2.24, 2.45) is 0 Å². The van der Waals surface area contributed by atoms with E-state index in [1.165, 1.54) is 0 Å². The predicted molar refractivity (Wildman–Crippen MR) is 69.1 cm³/mol. The van der Waals surface area contributed by atoms with Gasteiger partial charge in [0.25, 0.3) is 0 Å². The molecule has 0 saturated heterocycles. The van der Waals surface area contributed by atoms with E-state index in [2.05, 4.69) is 10.6 Å². The van der Waals surface area contributed by atoms with E-state index in [-0.39, 0.29) is 18.7 Å². The zero-order valence-corrected chi connectivity index (χ0v) is 10.4. The van der Waals surface area contributed by atoms with E-state index in [1.54, 1.807) is 0 Å². The van der Waals surface area contributed by atoms with Gasteiger partial charge in [0, 0.05) is 18.3 Å². The van der Waals surface area contributed by atoms with Crippen LogP contribution in [0.1, 0.15) is 25.8 Å². The molecule has 0 aliphatic carbocycles. The Balaban J connectivity index is 2.55. The van der Waals surface area contributed by atoms with Gasteiger partial charge in [-0.1, -0.05) is 25.1 Å². The summed E-state index contributed by atoms with van der Waals surface area (Å²) in [6.07, 6.45) is 1.44. The minimum atomic E-state index is -0.230. The summed E-state index contributed by atoms with van der Waals surface area (Å²) < 4.78 is 0. The van der Waals surface area contributed by atoms with Gasteiger partial charge in [0.1, 0.15) is 0 Å². The third-order valence-corrected chi connectivity index (χ3v) is 2.59. The molecule has 0 bridgehead atoms. The van der Waals surface area contributed by atoms with E-state index in [0.29, 0.717) is 6.42 Å². The van der Waals surface area contributed by atoms with Crippen molar-refractivity contribution in [3.63, 3.8) is 0 Å². The molecule has 1 rings (SSSR count). The first kappa shape index (κ1) is 13.5. The largest absolute Gasteiger partial charge is 0.396 e. The number of aliphatic hydroxyl groups is 1. The van der Waals surface area contributed by atoms with Gasteiger partial charge in [0.15, 0.2) is 0 Å². The van der Waals surface area contributed by atoms with E-state index in [4.69, 9.17) is 5.11 Å². The number of rotatable bonds is 5. The van der Waals surface area contributed by atoms with E-state index < -0.39 is 0 Å². The maximum atomic E-state index is 11.7. The van der Waals surface area contributed by atoms with Crippen molar-refractivity contribution in [1.29, 1.82) is 0 Å². The SMILES string of the molecule is CCc1ccccc1NC(=O)N[C@H](C)CCO. The molecule has 4 nitrogen and oxygen atoms in total. The molecule has 0 aromatic heterocycles. The Morgan fingerprint density at radius 2 is 2.12 bits per heavy atom. The fourth-order valence-electron chi connectivity index (χ4n) is 1.60. The smallest absolute Gasteiger partial charge is 0.319 e. The minimum Gasteiger partial charge on any atom is -0.396 e. The summed E-state index contributed by atoms with van der Waals surface area (Å²) in [6, 6.07) is 7.46. The molecule has 1 atom stereocenters. The monoisotopic (exact) mass is 236 g/mol. The van der Waals surface area contributed by atoms with Gasteiger partial charge in [-0.25, -0.2) is 4.79 Å². The Hall–Kier alpha value is -1.55. The second-order valence-corrected chi connectivity index (χ2v) is 4.02. The Bertz CT molecular complexity index is 366. The third-order valence-electron chi connectivity index (χ3n) is 2.59. The van der Waals surface area contributed by atoms with Gasteiger partial charge in [0.05, 0.1) is 0 Å². The molecule has 0 unspecified atom stereocenters. The molecule has 0 spiro atoms. The van der Waals surface area contributed by atoms with Crippen LogP contribution in [0.3, 0.4) is 0 Å². The molecule has 0 radical (unpaired) electrons. The van der Waals surface area contributed by atoms with Crippen LogP contribution in [-0.2, 0) is 6.42 Å². The number of carbonyl (C=O) groups is 1. The van der Waals surface area contributed by atoms with E-state index >= 15 is 0 Å². The van der Waals surface area contributed by atoms with Crippen molar-refractivity contribution in [3.8, 4) is 0 Å². The van der Waals surface area contributed by atoms with Gasteiger partial charge in [-0.3, -0.25) is 0 Å². The number of hydrogen-bond acceptors (Lipinski definition) is 2. The number of aryl methyl sites for hydroxylation is 1. The fraction of sp³-hybridized carbons (Fsp3) is 0.462. The number of nitrogens with one attached hydrogen (secondary N) is 2. The predicted octanol–water partition coefficient (Wildman–Crippen LogP) is 2.14. The number of benzene rings is 1. The molecule has 2 amide bonds. The molecule has 0 aliphatic rings. The third kappa shape index (κ3) is 4.44. The first-order chi connectivity index (χ1) is 8.17. The molecule has 94 valence electrons. The summed E-state index contributed by atoms with van der Waals surface area (Å²) in [6.45, 7) is 3.99. The van der Waals surface area contributed by atoms with Crippen molar-refractivity contribution < 1.29 is 9.90 Å².